The highest BCUT2D eigenvalue weighted by molar-refractivity contribution is 5.79. The Labute approximate surface area is 148 Å². The third-order valence-electron chi connectivity index (χ3n) is 4.04. The number of guanidine groups is 1. The van der Waals surface area contributed by atoms with E-state index in [9.17, 15) is 4.39 Å². The minimum absolute atomic E-state index is 0.211. The fourth-order valence-electron chi connectivity index (χ4n) is 2.51. The zero-order valence-electron chi connectivity index (χ0n) is 15.4. The lowest BCUT2D eigenvalue weighted by atomic mass is 10.2. The van der Waals surface area contributed by atoms with E-state index in [2.05, 4.69) is 20.7 Å². The first-order valence-electron chi connectivity index (χ1n) is 8.27. The first-order chi connectivity index (χ1) is 11.9. The molecule has 1 aromatic heterocycles. The topological polar surface area (TPSA) is 63.5 Å². The number of halogens is 1. The molecule has 1 aromatic carbocycles. The van der Waals surface area contributed by atoms with E-state index in [1.54, 1.807) is 25.2 Å². The SMILES string of the molecule is CN=C(NCc1c(C)nn(C)c1C)NCC(C)Oc1ccccc1F. The predicted molar refractivity (Wildman–Crippen MR) is 97.4 cm³/mol. The van der Waals surface area contributed by atoms with Crippen molar-refractivity contribution in [3.63, 3.8) is 0 Å². The van der Waals surface area contributed by atoms with E-state index >= 15 is 0 Å². The molecular formula is C18H26FN5O. The van der Waals surface area contributed by atoms with Crippen LogP contribution in [0.5, 0.6) is 5.75 Å². The van der Waals surface area contributed by atoms with Gasteiger partial charge in [0.1, 0.15) is 6.10 Å². The molecule has 2 rings (SSSR count). The second-order valence-electron chi connectivity index (χ2n) is 5.94. The minimum Gasteiger partial charge on any atom is -0.486 e. The zero-order valence-corrected chi connectivity index (χ0v) is 15.4. The molecule has 0 aliphatic rings. The molecule has 25 heavy (non-hydrogen) atoms. The molecule has 1 atom stereocenters. The fraction of sp³-hybridized carbons (Fsp3) is 0.444. The molecule has 0 fully saturated rings. The first kappa shape index (κ1) is 18.8. The molecule has 2 aromatic rings. The average Bonchev–Trinajstić information content (AvgIpc) is 2.82. The lowest BCUT2D eigenvalue weighted by Gasteiger charge is -2.18. The quantitative estimate of drug-likeness (QED) is 0.622. The van der Waals surface area contributed by atoms with E-state index in [1.165, 1.54) is 6.07 Å². The van der Waals surface area contributed by atoms with Crippen molar-refractivity contribution >= 4 is 5.96 Å². The molecule has 0 saturated carbocycles. The maximum Gasteiger partial charge on any atom is 0.191 e. The van der Waals surface area contributed by atoms with Gasteiger partial charge in [-0.25, -0.2) is 4.39 Å². The Hall–Kier alpha value is -2.57. The van der Waals surface area contributed by atoms with Crippen LogP contribution in [0.2, 0.25) is 0 Å². The third kappa shape index (κ3) is 4.95. The molecule has 0 bridgehead atoms. The molecule has 0 aliphatic carbocycles. The van der Waals surface area contributed by atoms with Gasteiger partial charge in [0.25, 0.3) is 0 Å². The highest BCUT2D eigenvalue weighted by atomic mass is 19.1. The summed E-state index contributed by atoms with van der Waals surface area (Å²) in [5, 5.41) is 10.9. The van der Waals surface area contributed by atoms with Crippen LogP contribution >= 0.6 is 0 Å². The molecule has 1 heterocycles. The molecule has 0 spiro atoms. The van der Waals surface area contributed by atoms with Gasteiger partial charge in [0, 0.05) is 31.9 Å². The Kier molecular flexibility index (Phi) is 6.38. The number of benzene rings is 1. The van der Waals surface area contributed by atoms with Crippen molar-refractivity contribution in [2.45, 2.75) is 33.4 Å². The van der Waals surface area contributed by atoms with Crippen molar-refractivity contribution in [1.29, 1.82) is 0 Å². The van der Waals surface area contributed by atoms with Crippen LogP contribution in [0.3, 0.4) is 0 Å². The summed E-state index contributed by atoms with van der Waals surface area (Å²) in [5.41, 5.74) is 3.28. The predicted octanol–water partition coefficient (Wildman–Crippen LogP) is 2.31. The molecule has 0 saturated heterocycles. The van der Waals surface area contributed by atoms with E-state index in [0.717, 1.165) is 17.0 Å². The number of nitrogens with zero attached hydrogens (tertiary/aromatic N) is 3. The Morgan fingerprint density at radius 1 is 1.32 bits per heavy atom. The monoisotopic (exact) mass is 347 g/mol. The molecule has 2 N–H and O–H groups in total. The van der Waals surface area contributed by atoms with Gasteiger partial charge >= 0.3 is 0 Å². The maximum atomic E-state index is 13.6. The summed E-state index contributed by atoms with van der Waals surface area (Å²) >= 11 is 0. The first-order valence-corrected chi connectivity index (χ1v) is 8.27. The number of hydrogen-bond acceptors (Lipinski definition) is 3. The summed E-state index contributed by atoms with van der Waals surface area (Å²) in [6.45, 7) is 7.04. The fourth-order valence-corrected chi connectivity index (χ4v) is 2.51. The molecule has 136 valence electrons. The molecule has 0 aliphatic heterocycles. The second kappa shape index (κ2) is 8.50. The Bertz CT molecular complexity index is 741. The highest BCUT2D eigenvalue weighted by Crippen LogP contribution is 2.16. The molecule has 0 radical (unpaired) electrons. The number of aliphatic imine (C=N–C) groups is 1. The van der Waals surface area contributed by atoms with E-state index in [-0.39, 0.29) is 17.7 Å². The Balaban J connectivity index is 1.85. The largest absolute Gasteiger partial charge is 0.486 e. The number of nitrogens with one attached hydrogen (secondary N) is 2. The van der Waals surface area contributed by atoms with E-state index in [0.29, 0.717) is 19.0 Å². The number of hydrogen-bond donors (Lipinski definition) is 2. The highest BCUT2D eigenvalue weighted by Gasteiger charge is 2.11. The van der Waals surface area contributed by atoms with Gasteiger partial charge in [-0.2, -0.15) is 5.10 Å². The van der Waals surface area contributed by atoms with Crippen molar-refractivity contribution in [3.8, 4) is 5.75 Å². The molecule has 6 nitrogen and oxygen atoms in total. The number of ether oxygens (including phenoxy) is 1. The maximum absolute atomic E-state index is 13.6. The lowest BCUT2D eigenvalue weighted by Crippen LogP contribution is -2.41. The normalized spacial score (nSPS) is 12.8. The van der Waals surface area contributed by atoms with Crippen LogP contribution in [0.4, 0.5) is 4.39 Å². The lowest BCUT2D eigenvalue weighted by molar-refractivity contribution is 0.214. The third-order valence-corrected chi connectivity index (χ3v) is 4.04. The number of rotatable bonds is 6. The van der Waals surface area contributed by atoms with Gasteiger partial charge in [-0.05, 0) is 32.9 Å². The van der Waals surface area contributed by atoms with Gasteiger partial charge in [0.15, 0.2) is 17.5 Å². The van der Waals surface area contributed by atoms with Crippen LogP contribution in [0, 0.1) is 19.7 Å². The van der Waals surface area contributed by atoms with Crippen molar-refractivity contribution < 1.29 is 9.13 Å². The van der Waals surface area contributed by atoms with Crippen molar-refractivity contribution in [1.82, 2.24) is 20.4 Å². The van der Waals surface area contributed by atoms with Crippen LogP contribution < -0.4 is 15.4 Å². The summed E-state index contributed by atoms with van der Waals surface area (Å²) < 4.78 is 21.1. The van der Waals surface area contributed by atoms with E-state index in [4.69, 9.17) is 4.74 Å². The number of para-hydroxylation sites is 1. The van der Waals surface area contributed by atoms with Gasteiger partial charge < -0.3 is 15.4 Å². The van der Waals surface area contributed by atoms with Gasteiger partial charge in [0.2, 0.25) is 0 Å². The summed E-state index contributed by atoms with van der Waals surface area (Å²) in [6.07, 6.45) is -0.211. The van der Waals surface area contributed by atoms with Crippen molar-refractivity contribution in [2.24, 2.45) is 12.0 Å². The number of aromatic nitrogens is 2. The summed E-state index contributed by atoms with van der Waals surface area (Å²) in [4.78, 5) is 4.20. The molecule has 7 heteroatoms. The van der Waals surface area contributed by atoms with Crippen LogP contribution in [0.1, 0.15) is 23.9 Å². The van der Waals surface area contributed by atoms with Gasteiger partial charge in [0.05, 0.1) is 12.2 Å². The van der Waals surface area contributed by atoms with Gasteiger partial charge in [-0.3, -0.25) is 9.67 Å². The standard InChI is InChI=1S/C18H26FN5O/c1-12(25-17-9-7-6-8-16(17)19)10-21-18(20-4)22-11-15-13(2)23-24(5)14(15)3/h6-9,12H,10-11H2,1-5H3,(H2,20,21,22). The summed E-state index contributed by atoms with van der Waals surface area (Å²) in [5.74, 6) is 0.548. The van der Waals surface area contributed by atoms with Crippen LogP contribution in [0.15, 0.2) is 29.3 Å². The van der Waals surface area contributed by atoms with Crippen LogP contribution in [-0.2, 0) is 13.6 Å². The molecule has 1 unspecified atom stereocenters. The minimum atomic E-state index is -0.362. The van der Waals surface area contributed by atoms with E-state index in [1.807, 2.05) is 32.5 Å². The average molecular weight is 347 g/mol. The second-order valence-corrected chi connectivity index (χ2v) is 5.94. The molecular weight excluding hydrogens is 321 g/mol. The Morgan fingerprint density at radius 3 is 2.64 bits per heavy atom. The van der Waals surface area contributed by atoms with Gasteiger partial charge in [-0.15, -0.1) is 0 Å². The van der Waals surface area contributed by atoms with Crippen molar-refractivity contribution in [3.05, 3.63) is 47.0 Å². The van der Waals surface area contributed by atoms with Crippen LogP contribution in [0.25, 0.3) is 0 Å². The van der Waals surface area contributed by atoms with E-state index < -0.39 is 0 Å². The summed E-state index contributed by atoms with van der Waals surface area (Å²) in [6, 6.07) is 6.39. The van der Waals surface area contributed by atoms with Crippen molar-refractivity contribution in [2.75, 3.05) is 13.6 Å². The number of aryl methyl sites for hydroxylation is 2. The zero-order chi connectivity index (χ0) is 18.4. The Morgan fingerprint density at radius 2 is 2.04 bits per heavy atom. The smallest absolute Gasteiger partial charge is 0.191 e. The molecule has 0 amide bonds. The van der Waals surface area contributed by atoms with Gasteiger partial charge in [-0.1, -0.05) is 12.1 Å². The van der Waals surface area contributed by atoms with Crippen LogP contribution in [-0.4, -0.2) is 35.4 Å². The summed E-state index contributed by atoms with van der Waals surface area (Å²) in [7, 11) is 3.64.